The molecule has 1 atom stereocenters. The van der Waals surface area contributed by atoms with Gasteiger partial charge in [0.15, 0.2) is 0 Å². The lowest BCUT2D eigenvalue weighted by Gasteiger charge is -2.26. The molecule has 0 saturated heterocycles. The average Bonchev–Trinajstić information content (AvgIpc) is 2.81. The smallest absolute Gasteiger partial charge is 0.243 e. The van der Waals surface area contributed by atoms with Gasteiger partial charge < -0.3 is 9.64 Å². The van der Waals surface area contributed by atoms with Gasteiger partial charge in [-0.25, -0.2) is 8.42 Å². The highest BCUT2D eigenvalue weighted by molar-refractivity contribution is 7.89. The van der Waals surface area contributed by atoms with Crippen molar-refractivity contribution in [3.05, 3.63) is 58.6 Å². The number of hydrogen-bond donors (Lipinski definition) is 0. The second-order valence-corrected chi connectivity index (χ2v) is 9.17. The molecule has 0 unspecified atom stereocenters. The van der Waals surface area contributed by atoms with Crippen molar-refractivity contribution in [3.8, 4) is 5.75 Å². The highest BCUT2D eigenvalue weighted by atomic mass is 35.5. The summed E-state index contributed by atoms with van der Waals surface area (Å²) in [6, 6.07) is 11.4. The fourth-order valence-corrected chi connectivity index (χ4v) is 4.93. The maximum atomic E-state index is 13.2. The summed E-state index contributed by atoms with van der Waals surface area (Å²) in [5.41, 5.74) is 1.70. The van der Waals surface area contributed by atoms with E-state index in [0.29, 0.717) is 17.3 Å². The third-order valence-electron chi connectivity index (χ3n) is 4.90. The van der Waals surface area contributed by atoms with Crippen molar-refractivity contribution in [2.24, 2.45) is 0 Å². The van der Waals surface area contributed by atoms with E-state index in [2.05, 4.69) is 0 Å². The van der Waals surface area contributed by atoms with Crippen molar-refractivity contribution in [2.45, 2.75) is 31.3 Å². The fraction of sp³-hybridized carbons (Fsp3) is 0.350. The van der Waals surface area contributed by atoms with E-state index >= 15 is 0 Å². The van der Waals surface area contributed by atoms with Crippen LogP contribution in [0.25, 0.3) is 0 Å². The molecule has 150 valence electrons. The van der Waals surface area contributed by atoms with Crippen LogP contribution in [-0.4, -0.2) is 43.7 Å². The van der Waals surface area contributed by atoms with Crippen LogP contribution in [0, 0.1) is 0 Å². The predicted octanol–water partition coefficient (Wildman–Crippen LogP) is 3.46. The second-order valence-electron chi connectivity index (χ2n) is 6.84. The van der Waals surface area contributed by atoms with Crippen molar-refractivity contribution in [3.63, 3.8) is 0 Å². The van der Waals surface area contributed by atoms with Gasteiger partial charge in [0, 0.05) is 37.6 Å². The van der Waals surface area contributed by atoms with Gasteiger partial charge in [0.05, 0.1) is 10.9 Å². The summed E-state index contributed by atoms with van der Waals surface area (Å²) in [7, 11) is -1.99. The molecule has 1 amide bonds. The first-order chi connectivity index (χ1) is 13.2. The number of fused-ring (bicyclic) bond motifs is 1. The number of halogens is 1. The molecule has 2 aromatic rings. The van der Waals surface area contributed by atoms with E-state index in [-0.39, 0.29) is 24.0 Å². The van der Waals surface area contributed by atoms with Crippen molar-refractivity contribution in [1.29, 1.82) is 0 Å². The zero-order valence-corrected chi connectivity index (χ0v) is 17.6. The van der Waals surface area contributed by atoms with Crippen LogP contribution in [0.5, 0.6) is 5.75 Å². The highest BCUT2D eigenvalue weighted by Crippen LogP contribution is 2.36. The Hall–Kier alpha value is -2.09. The predicted molar refractivity (Wildman–Crippen MR) is 108 cm³/mol. The van der Waals surface area contributed by atoms with Crippen LogP contribution in [0.2, 0.25) is 5.02 Å². The van der Waals surface area contributed by atoms with Gasteiger partial charge in [0.25, 0.3) is 0 Å². The van der Waals surface area contributed by atoms with Gasteiger partial charge in [-0.05, 0) is 48.9 Å². The molecule has 0 aromatic heterocycles. The van der Waals surface area contributed by atoms with Gasteiger partial charge in [-0.1, -0.05) is 17.7 Å². The van der Waals surface area contributed by atoms with Crippen molar-refractivity contribution in [2.75, 3.05) is 20.2 Å². The van der Waals surface area contributed by atoms with Gasteiger partial charge in [-0.15, -0.1) is 0 Å². The van der Waals surface area contributed by atoms with Crippen LogP contribution in [0.1, 0.15) is 31.0 Å². The third kappa shape index (κ3) is 4.16. The van der Waals surface area contributed by atoms with Crippen LogP contribution in [0.3, 0.4) is 0 Å². The minimum Gasteiger partial charge on any atom is -0.492 e. The summed E-state index contributed by atoms with van der Waals surface area (Å²) in [5, 5.41) is 0.482. The number of benzene rings is 2. The Bertz CT molecular complexity index is 976. The average molecular weight is 423 g/mol. The van der Waals surface area contributed by atoms with E-state index in [1.807, 2.05) is 25.1 Å². The van der Waals surface area contributed by atoms with E-state index in [1.54, 1.807) is 24.1 Å². The summed E-state index contributed by atoms with van der Waals surface area (Å²) in [4.78, 5) is 13.3. The number of nitrogens with zero attached hydrogens (tertiary/aromatic N) is 2. The lowest BCUT2D eigenvalue weighted by molar-refractivity contribution is -0.128. The third-order valence-corrected chi connectivity index (χ3v) is 7.14. The van der Waals surface area contributed by atoms with E-state index < -0.39 is 16.1 Å². The van der Waals surface area contributed by atoms with E-state index in [1.165, 1.54) is 23.4 Å². The van der Waals surface area contributed by atoms with E-state index in [0.717, 1.165) is 11.1 Å². The molecule has 1 aliphatic rings. The fourth-order valence-electron chi connectivity index (χ4n) is 3.20. The Morgan fingerprint density at radius 2 is 1.93 bits per heavy atom. The Labute approximate surface area is 170 Å². The van der Waals surface area contributed by atoms with Crippen molar-refractivity contribution in [1.82, 2.24) is 9.21 Å². The number of ether oxygens (including phenoxy) is 1. The molecule has 0 saturated carbocycles. The SMILES string of the molecule is CC(=O)N(C)Cc1ccc2c(c1)[C@H](C)N(S(=O)(=O)c1ccc(Cl)cc1)CCO2. The molecular weight excluding hydrogens is 400 g/mol. The lowest BCUT2D eigenvalue weighted by Crippen LogP contribution is -2.35. The monoisotopic (exact) mass is 422 g/mol. The molecule has 3 rings (SSSR count). The summed E-state index contributed by atoms with van der Waals surface area (Å²) in [5.74, 6) is 0.627. The molecule has 0 spiro atoms. The molecule has 0 aliphatic carbocycles. The maximum absolute atomic E-state index is 13.2. The van der Waals surface area contributed by atoms with Gasteiger partial charge in [-0.3, -0.25) is 4.79 Å². The zero-order valence-electron chi connectivity index (χ0n) is 16.1. The van der Waals surface area contributed by atoms with Gasteiger partial charge >= 0.3 is 0 Å². The number of rotatable bonds is 4. The Balaban J connectivity index is 1.96. The zero-order chi connectivity index (χ0) is 20.5. The normalized spacial score (nSPS) is 17.4. The van der Waals surface area contributed by atoms with Crippen LogP contribution < -0.4 is 4.74 Å². The summed E-state index contributed by atoms with van der Waals surface area (Å²) < 4.78 is 33.6. The largest absolute Gasteiger partial charge is 0.492 e. The number of hydrogen-bond acceptors (Lipinski definition) is 4. The molecule has 0 bridgehead atoms. The Kier molecular flexibility index (Phi) is 5.98. The van der Waals surface area contributed by atoms with Crippen molar-refractivity contribution < 1.29 is 17.9 Å². The first-order valence-electron chi connectivity index (χ1n) is 8.95. The first-order valence-corrected chi connectivity index (χ1v) is 10.8. The summed E-state index contributed by atoms with van der Waals surface area (Å²) >= 11 is 5.89. The molecule has 0 N–H and O–H groups in total. The van der Waals surface area contributed by atoms with Crippen LogP contribution in [0.4, 0.5) is 0 Å². The standard InChI is InChI=1S/C20H23ClN2O4S/c1-14-19-12-16(13-22(3)15(2)24)4-9-20(19)27-11-10-23(14)28(25,26)18-7-5-17(21)6-8-18/h4-9,12,14H,10-11,13H2,1-3H3/t14-/m0/s1. The number of sulfonamides is 1. The molecule has 1 aliphatic heterocycles. The second kappa shape index (κ2) is 8.11. The molecule has 8 heteroatoms. The minimum absolute atomic E-state index is 0.0359. The molecular formula is C20H23ClN2O4S. The Morgan fingerprint density at radius 1 is 1.25 bits per heavy atom. The molecule has 28 heavy (non-hydrogen) atoms. The Morgan fingerprint density at radius 3 is 2.57 bits per heavy atom. The highest BCUT2D eigenvalue weighted by Gasteiger charge is 2.33. The van der Waals surface area contributed by atoms with Crippen LogP contribution in [-0.2, 0) is 21.4 Å². The summed E-state index contributed by atoms with van der Waals surface area (Å²) in [6.45, 7) is 4.30. The number of carbonyl (C=O) groups excluding carboxylic acids is 1. The molecule has 6 nitrogen and oxygen atoms in total. The van der Waals surface area contributed by atoms with Gasteiger partial charge in [0.1, 0.15) is 12.4 Å². The topological polar surface area (TPSA) is 66.9 Å². The number of amides is 1. The molecule has 2 aromatic carbocycles. The van der Waals surface area contributed by atoms with E-state index in [4.69, 9.17) is 16.3 Å². The molecule has 1 heterocycles. The summed E-state index contributed by atoms with van der Waals surface area (Å²) in [6.07, 6.45) is 0. The van der Waals surface area contributed by atoms with Gasteiger partial charge in [0.2, 0.25) is 15.9 Å². The molecule has 0 radical (unpaired) electrons. The number of carbonyl (C=O) groups is 1. The maximum Gasteiger partial charge on any atom is 0.243 e. The quantitative estimate of drug-likeness (QED) is 0.756. The van der Waals surface area contributed by atoms with Crippen LogP contribution in [0.15, 0.2) is 47.4 Å². The first kappa shape index (κ1) is 20.6. The van der Waals surface area contributed by atoms with Crippen LogP contribution >= 0.6 is 11.6 Å². The molecule has 0 fully saturated rings. The lowest BCUT2D eigenvalue weighted by atomic mass is 10.0. The minimum atomic E-state index is -3.71. The van der Waals surface area contributed by atoms with Crippen molar-refractivity contribution >= 4 is 27.5 Å². The van der Waals surface area contributed by atoms with Gasteiger partial charge in [-0.2, -0.15) is 4.31 Å². The van der Waals surface area contributed by atoms with E-state index in [9.17, 15) is 13.2 Å².